The Hall–Kier alpha value is -0.550. The summed E-state index contributed by atoms with van der Waals surface area (Å²) in [6.07, 6.45) is 6.75. The van der Waals surface area contributed by atoms with Crippen molar-refractivity contribution in [1.82, 2.24) is 0 Å². The van der Waals surface area contributed by atoms with Gasteiger partial charge in [-0.05, 0) is 40.4 Å². The van der Waals surface area contributed by atoms with Crippen LogP contribution in [0.15, 0.2) is 21.1 Å². The maximum Gasteiger partial charge on any atom is 0.224 e. The second-order valence-electron chi connectivity index (χ2n) is 5.09. The summed E-state index contributed by atoms with van der Waals surface area (Å²) in [7, 11) is 0. The van der Waals surface area contributed by atoms with Gasteiger partial charge in [0.05, 0.1) is 11.4 Å². The van der Waals surface area contributed by atoms with E-state index in [1.165, 1.54) is 25.7 Å². The Morgan fingerprint density at radius 3 is 2.63 bits per heavy atom. The van der Waals surface area contributed by atoms with E-state index in [1.807, 2.05) is 6.07 Å². The lowest BCUT2D eigenvalue weighted by atomic mass is 10.0. The number of hydrogen-bond donors (Lipinski definition) is 2. The van der Waals surface area contributed by atoms with Gasteiger partial charge in [-0.25, -0.2) is 0 Å². The molecular weight excluding hydrogens is 372 g/mol. The molecule has 0 heterocycles. The van der Waals surface area contributed by atoms with E-state index in [1.54, 1.807) is 6.07 Å². The van der Waals surface area contributed by atoms with Crippen molar-refractivity contribution in [2.75, 3.05) is 11.1 Å². The molecule has 1 aliphatic carbocycles. The molecule has 19 heavy (non-hydrogen) atoms. The molecule has 1 saturated carbocycles. The number of benzene rings is 1. The Bertz CT molecular complexity index is 448. The van der Waals surface area contributed by atoms with Gasteiger partial charge in [-0.1, -0.05) is 41.6 Å². The van der Waals surface area contributed by atoms with Crippen LogP contribution < -0.4 is 11.1 Å². The highest BCUT2D eigenvalue weighted by atomic mass is 79.9. The van der Waals surface area contributed by atoms with Crippen LogP contribution in [0, 0.1) is 5.92 Å². The van der Waals surface area contributed by atoms with E-state index >= 15 is 0 Å². The molecule has 5 heteroatoms. The molecule has 1 amide bonds. The van der Waals surface area contributed by atoms with Crippen molar-refractivity contribution in [3.8, 4) is 0 Å². The molecule has 0 bridgehead atoms. The summed E-state index contributed by atoms with van der Waals surface area (Å²) in [5.74, 6) is 0.776. The van der Waals surface area contributed by atoms with Crippen LogP contribution in [0.1, 0.15) is 38.5 Å². The SMILES string of the molecule is Nc1cc(Br)cc(Br)c1NC(=O)CCC1CCCC1. The van der Waals surface area contributed by atoms with Crippen molar-refractivity contribution in [2.45, 2.75) is 38.5 Å². The summed E-state index contributed by atoms with van der Waals surface area (Å²) in [5, 5.41) is 2.90. The van der Waals surface area contributed by atoms with Gasteiger partial charge in [0.1, 0.15) is 0 Å². The summed E-state index contributed by atoms with van der Waals surface area (Å²) < 4.78 is 1.69. The van der Waals surface area contributed by atoms with Gasteiger partial charge in [0.15, 0.2) is 0 Å². The molecule has 2 rings (SSSR count). The Kier molecular flexibility index (Phi) is 5.28. The van der Waals surface area contributed by atoms with E-state index in [-0.39, 0.29) is 5.91 Å². The highest BCUT2D eigenvalue weighted by Crippen LogP contribution is 2.33. The third kappa shape index (κ3) is 4.21. The molecule has 0 aromatic heterocycles. The molecule has 0 aliphatic heterocycles. The fourth-order valence-electron chi connectivity index (χ4n) is 2.56. The standard InChI is InChI=1S/C14H18Br2N2O/c15-10-7-11(16)14(12(17)8-10)18-13(19)6-5-9-3-1-2-4-9/h7-9H,1-6,17H2,(H,18,19). The molecule has 104 valence electrons. The zero-order valence-electron chi connectivity index (χ0n) is 10.7. The average Bonchev–Trinajstić information content (AvgIpc) is 2.84. The van der Waals surface area contributed by atoms with Crippen LogP contribution in [-0.2, 0) is 4.79 Å². The number of carbonyl (C=O) groups excluding carboxylic acids is 1. The average molecular weight is 390 g/mol. The predicted molar refractivity (Wildman–Crippen MR) is 86.1 cm³/mol. The van der Waals surface area contributed by atoms with Crippen LogP contribution in [0.4, 0.5) is 11.4 Å². The van der Waals surface area contributed by atoms with Gasteiger partial charge in [0.2, 0.25) is 5.91 Å². The van der Waals surface area contributed by atoms with Crippen LogP contribution in [0.5, 0.6) is 0 Å². The number of rotatable bonds is 4. The fraction of sp³-hybridized carbons (Fsp3) is 0.500. The fourth-order valence-corrected chi connectivity index (χ4v) is 3.92. The monoisotopic (exact) mass is 388 g/mol. The molecule has 1 aliphatic rings. The first kappa shape index (κ1) is 14.9. The highest BCUT2D eigenvalue weighted by molar-refractivity contribution is 9.11. The maximum absolute atomic E-state index is 12.0. The number of amides is 1. The molecular formula is C14H18Br2N2O. The van der Waals surface area contributed by atoms with Crippen molar-refractivity contribution in [1.29, 1.82) is 0 Å². The van der Waals surface area contributed by atoms with Crippen molar-refractivity contribution in [3.63, 3.8) is 0 Å². The molecule has 0 spiro atoms. The van der Waals surface area contributed by atoms with Crippen molar-refractivity contribution in [2.24, 2.45) is 5.92 Å². The molecule has 1 fully saturated rings. The van der Waals surface area contributed by atoms with E-state index in [0.717, 1.165) is 21.3 Å². The van der Waals surface area contributed by atoms with Crippen LogP contribution in [0.3, 0.4) is 0 Å². The number of anilines is 2. The van der Waals surface area contributed by atoms with Gasteiger partial charge in [-0.3, -0.25) is 4.79 Å². The van der Waals surface area contributed by atoms with Crippen LogP contribution >= 0.6 is 31.9 Å². The first-order valence-corrected chi connectivity index (χ1v) is 8.19. The van der Waals surface area contributed by atoms with E-state index < -0.39 is 0 Å². The molecule has 0 atom stereocenters. The minimum atomic E-state index is 0.0432. The maximum atomic E-state index is 12.0. The van der Waals surface area contributed by atoms with E-state index in [9.17, 15) is 4.79 Å². The van der Waals surface area contributed by atoms with Crippen LogP contribution in [0.25, 0.3) is 0 Å². The van der Waals surface area contributed by atoms with Gasteiger partial charge in [0.25, 0.3) is 0 Å². The van der Waals surface area contributed by atoms with E-state index in [4.69, 9.17) is 5.73 Å². The Morgan fingerprint density at radius 2 is 2.00 bits per heavy atom. The Morgan fingerprint density at radius 1 is 1.32 bits per heavy atom. The summed E-state index contributed by atoms with van der Waals surface area (Å²) in [6.45, 7) is 0. The number of nitrogen functional groups attached to an aromatic ring is 1. The van der Waals surface area contributed by atoms with Crippen molar-refractivity contribution < 1.29 is 4.79 Å². The van der Waals surface area contributed by atoms with Crippen molar-refractivity contribution in [3.05, 3.63) is 21.1 Å². The molecule has 0 saturated heterocycles. The summed E-state index contributed by atoms with van der Waals surface area (Å²) in [6, 6.07) is 3.67. The topological polar surface area (TPSA) is 55.1 Å². The number of carbonyl (C=O) groups is 1. The lowest BCUT2D eigenvalue weighted by Gasteiger charge is -2.12. The largest absolute Gasteiger partial charge is 0.397 e. The Balaban J connectivity index is 1.91. The van der Waals surface area contributed by atoms with Gasteiger partial charge in [-0.15, -0.1) is 0 Å². The smallest absolute Gasteiger partial charge is 0.224 e. The van der Waals surface area contributed by atoms with E-state index in [2.05, 4.69) is 37.2 Å². The molecule has 0 unspecified atom stereocenters. The van der Waals surface area contributed by atoms with Gasteiger partial charge < -0.3 is 11.1 Å². The first-order valence-electron chi connectivity index (χ1n) is 6.60. The van der Waals surface area contributed by atoms with Crippen molar-refractivity contribution >= 4 is 49.1 Å². The first-order chi connectivity index (χ1) is 9.06. The molecule has 3 nitrogen and oxygen atoms in total. The number of nitrogens with one attached hydrogen (secondary N) is 1. The molecule has 1 aromatic carbocycles. The lowest BCUT2D eigenvalue weighted by Crippen LogP contribution is -2.14. The third-order valence-corrected chi connectivity index (χ3v) is 4.69. The predicted octanol–water partition coefficient (Wildman–Crippen LogP) is 4.70. The molecule has 1 aromatic rings. The summed E-state index contributed by atoms with van der Waals surface area (Å²) in [5.41, 5.74) is 7.15. The number of nitrogens with two attached hydrogens (primary N) is 1. The third-order valence-electron chi connectivity index (χ3n) is 3.60. The van der Waals surface area contributed by atoms with Crippen LogP contribution in [0.2, 0.25) is 0 Å². The normalized spacial score (nSPS) is 15.7. The Labute approximate surface area is 130 Å². The zero-order chi connectivity index (χ0) is 13.8. The summed E-state index contributed by atoms with van der Waals surface area (Å²) >= 11 is 6.79. The van der Waals surface area contributed by atoms with Crippen LogP contribution in [-0.4, -0.2) is 5.91 Å². The quantitative estimate of drug-likeness (QED) is 0.733. The van der Waals surface area contributed by atoms with Gasteiger partial charge >= 0.3 is 0 Å². The number of halogens is 2. The second kappa shape index (κ2) is 6.75. The van der Waals surface area contributed by atoms with Gasteiger partial charge in [0, 0.05) is 15.4 Å². The number of hydrogen-bond acceptors (Lipinski definition) is 2. The minimum absolute atomic E-state index is 0.0432. The molecule has 3 N–H and O–H groups in total. The van der Waals surface area contributed by atoms with E-state index in [0.29, 0.717) is 17.8 Å². The second-order valence-corrected chi connectivity index (χ2v) is 6.86. The highest BCUT2D eigenvalue weighted by Gasteiger charge is 2.17. The minimum Gasteiger partial charge on any atom is -0.397 e. The molecule has 0 radical (unpaired) electrons. The zero-order valence-corrected chi connectivity index (χ0v) is 13.9. The summed E-state index contributed by atoms with van der Waals surface area (Å²) in [4.78, 5) is 12.0. The van der Waals surface area contributed by atoms with Gasteiger partial charge in [-0.2, -0.15) is 0 Å². The lowest BCUT2D eigenvalue weighted by molar-refractivity contribution is -0.116.